The highest BCUT2D eigenvalue weighted by Gasteiger charge is 2.36. The van der Waals surface area contributed by atoms with Crippen LogP contribution in [-0.4, -0.2) is 85.8 Å². The summed E-state index contributed by atoms with van der Waals surface area (Å²) in [4.78, 5) is 83.1. The molecule has 13 nitrogen and oxygen atoms in total. The summed E-state index contributed by atoms with van der Waals surface area (Å²) in [6, 6.07) is 8.51. The number of ketones is 4. The SMILES string of the molecule is CCCCC(=O)C[C@@H](CCCCN)C(=O)N(C)[C@@H]1C(=O)C[C@@H](C)C(=O)N[C@H](C(=O)C[C@@H](C)C(C)=O)Cc2ccc(OCCN)c(c2)-c2cc1ccc2OCCN. The molecule has 5 atom stereocenters. The number of benzene rings is 2. The Labute approximate surface area is 331 Å². The Balaban J connectivity index is 2.27. The van der Waals surface area contributed by atoms with Crippen LogP contribution in [0.3, 0.4) is 0 Å². The first kappa shape index (κ1) is 45.9. The van der Waals surface area contributed by atoms with Crippen LogP contribution in [0.15, 0.2) is 36.4 Å². The van der Waals surface area contributed by atoms with Gasteiger partial charge in [0.2, 0.25) is 11.8 Å². The first-order valence-electron chi connectivity index (χ1n) is 20.0. The van der Waals surface area contributed by atoms with Crippen molar-refractivity contribution in [3.8, 4) is 22.6 Å². The zero-order valence-electron chi connectivity index (χ0n) is 33.9. The molecule has 1 aliphatic heterocycles. The van der Waals surface area contributed by atoms with E-state index >= 15 is 0 Å². The van der Waals surface area contributed by atoms with Gasteiger partial charge >= 0.3 is 0 Å². The quantitative estimate of drug-likeness (QED) is 0.132. The standard InChI is InChI=1S/C43H63N5O8/c1-6-7-11-33(50)25-32(10-8-9-16-44)43(54)48(5)41-31-13-15-40(56-20-18-46)35(26-31)34-23-30(12-14-39(34)55-19-17-45)24-36(37(51)21-27(2)29(4)49)47-42(53)28(3)22-38(41)52/h12-15,23,26-28,32,36,41H,6-11,16-22,24-25,44-46H2,1-5H3,(H,47,53)/t27-,28-,32-,36+,41+/m1/s1. The third kappa shape index (κ3) is 13.1. The maximum Gasteiger partial charge on any atom is 0.226 e. The molecule has 13 heteroatoms. The third-order valence-corrected chi connectivity index (χ3v) is 10.4. The van der Waals surface area contributed by atoms with Gasteiger partial charge in [-0.15, -0.1) is 0 Å². The number of fused-ring (bicyclic) bond motifs is 5. The molecule has 0 unspecified atom stereocenters. The molecule has 1 aliphatic rings. The van der Waals surface area contributed by atoms with Gasteiger partial charge in [0.05, 0.1) is 6.04 Å². The zero-order chi connectivity index (χ0) is 41.4. The average Bonchev–Trinajstić information content (AvgIpc) is 3.17. The van der Waals surface area contributed by atoms with Gasteiger partial charge in [-0.05, 0) is 74.5 Å². The number of nitrogens with two attached hydrogens (primary N) is 3. The molecule has 0 fully saturated rings. The second kappa shape index (κ2) is 22.9. The molecule has 3 rings (SSSR count). The highest BCUT2D eigenvalue weighted by Crippen LogP contribution is 2.41. The van der Waals surface area contributed by atoms with Gasteiger partial charge in [0.1, 0.15) is 42.3 Å². The first-order chi connectivity index (χ1) is 26.8. The summed E-state index contributed by atoms with van der Waals surface area (Å²) in [5.74, 6) is -2.90. The van der Waals surface area contributed by atoms with E-state index in [1.54, 1.807) is 51.2 Å². The molecular weight excluding hydrogens is 714 g/mol. The molecule has 0 saturated heterocycles. The largest absolute Gasteiger partial charge is 0.492 e. The predicted octanol–water partition coefficient (Wildman–Crippen LogP) is 4.24. The number of ether oxygens (including phenoxy) is 2. The number of amides is 2. The van der Waals surface area contributed by atoms with Crippen molar-refractivity contribution < 1.29 is 38.2 Å². The highest BCUT2D eigenvalue weighted by atomic mass is 16.5. The number of carbonyl (C=O) groups excluding carboxylic acids is 6. The van der Waals surface area contributed by atoms with Crippen LogP contribution < -0.4 is 32.0 Å². The number of hydrogen-bond acceptors (Lipinski definition) is 11. The number of likely N-dealkylation sites (N-methyl/N-ethyl adjacent to an activating group) is 1. The number of hydrogen-bond donors (Lipinski definition) is 4. The predicted molar refractivity (Wildman–Crippen MR) is 216 cm³/mol. The summed E-state index contributed by atoms with van der Waals surface area (Å²) < 4.78 is 12.2. The average molecular weight is 778 g/mol. The Morgan fingerprint density at radius 1 is 0.875 bits per heavy atom. The Bertz CT molecular complexity index is 1680. The van der Waals surface area contributed by atoms with Crippen molar-refractivity contribution in [1.82, 2.24) is 10.2 Å². The lowest BCUT2D eigenvalue weighted by molar-refractivity contribution is -0.144. The minimum absolute atomic E-state index is 0.00986. The Hall–Kier alpha value is -4.46. The van der Waals surface area contributed by atoms with Crippen molar-refractivity contribution in [2.24, 2.45) is 35.0 Å². The molecule has 0 aliphatic carbocycles. The van der Waals surface area contributed by atoms with E-state index in [9.17, 15) is 28.8 Å². The van der Waals surface area contributed by atoms with E-state index in [1.165, 1.54) is 11.8 Å². The Morgan fingerprint density at radius 3 is 2.12 bits per heavy atom. The molecule has 2 aromatic carbocycles. The summed E-state index contributed by atoms with van der Waals surface area (Å²) >= 11 is 0. The number of nitrogens with zero attached hydrogens (tertiary/aromatic N) is 1. The van der Waals surface area contributed by atoms with Crippen LogP contribution in [0.25, 0.3) is 11.1 Å². The molecule has 7 N–H and O–H groups in total. The van der Waals surface area contributed by atoms with Crippen molar-refractivity contribution in [1.29, 1.82) is 0 Å². The van der Waals surface area contributed by atoms with Crippen LogP contribution in [0.4, 0.5) is 0 Å². The Morgan fingerprint density at radius 2 is 1.52 bits per heavy atom. The molecule has 2 amide bonds. The van der Waals surface area contributed by atoms with Crippen LogP contribution in [0.2, 0.25) is 0 Å². The number of rotatable bonds is 21. The van der Waals surface area contributed by atoms with Gasteiger partial charge in [-0.25, -0.2) is 0 Å². The fourth-order valence-electron chi connectivity index (χ4n) is 6.96. The molecule has 1 heterocycles. The van der Waals surface area contributed by atoms with Gasteiger partial charge in [0.15, 0.2) is 11.6 Å². The van der Waals surface area contributed by atoms with Crippen LogP contribution in [0.5, 0.6) is 11.5 Å². The molecule has 308 valence electrons. The fourth-order valence-corrected chi connectivity index (χ4v) is 6.96. The summed E-state index contributed by atoms with van der Waals surface area (Å²) in [6.07, 6.45) is 3.55. The monoisotopic (exact) mass is 777 g/mol. The maximum atomic E-state index is 14.6. The molecule has 0 aromatic heterocycles. The van der Waals surface area contributed by atoms with Gasteiger partial charge < -0.3 is 36.9 Å². The first-order valence-corrected chi connectivity index (χ1v) is 20.0. The molecular formula is C43H63N5O8. The highest BCUT2D eigenvalue weighted by molar-refractivity contribution is 5.97. The fraction of sp³-hybridized carbons (Fsp3) is 0.581. The molecule has 56 heavy (non-hydrogen) atoms. The second-order valence-corrected chi connectivity index (χ2v) is 15.1. The van der Waals surface area contributed by atoms with Crippen molar-refractivity contribution in [3.05, 3.63) is 47.5 Å². The minimum atomic E-state index is -1.14. The molecule has 0 saturated carbocycles. The lowest BCUT2D eigenvalue weighted by atomic mass is 9.87. The molecule has 0 radical (unpaired) electrons. The maximum absolute atomic E-state index is 14.6. The van der Waals surface area contributed by atoms with Gasteiger partial charge in [0, 0.05) is 74.7 Å². The van der Waals surface area contributed by atoms with E-state index in [-0.39, 0.29) is 75.2 Å². The lowest BCUT2D eigenvalue weighted by Crippen LogP contribution is -2.46. The zero-order valence-corrected chi connectivity index (χ0v) is 33.9. The third-order valence-electron chi connectivity index (χ3n) is 10.4. The number of unbranched alkanes of at least 4 members (excludes halogenated alkanes) is 2. The van der Waals surface area contributed by atoms with Crippen LogP contribution in [0, 0.1) is 17.8 Å². The Kier molecular flexibility index (Phi) is 18.8. The topological polar surface area (TPSA) is 214 Å². The van der Waals surface area contributed by atoms with Crippen molar-refractivity contribution in [2.45, 2.75) is 104 Å². The smallest absolute Gasteiger partial charge is 0.226 e. The van der Waals surface area contributed by atoms with E-state index in [0.717, 1.165) is 12.8 Å². The summed E-state index contributed by atoms with van der Waals surface area (Å²) in [5.41, 5.74) is 19.7. The van der Waals surface area contributed by atoms with Crippen molar-refractivity contribution in [3.63, 3.8) is 0 Å². The van der Waals surface area contributed by atoms with Gasteiger partial charge in [0.25, 0.3) is 0 Å². The van der Waals surface area contributed by atoms with E-state index in [1.807, 2.05) is 13.0 Å². The van der Waals surface area contributed by atoms with Crippen LogP contribution in [0.1, 0.15) is 103 Å². The lowest BCUT2D eigenvalue weighted by Gasteiger charge is -2.32. The van der Waals surface area contributed by atoms with Gasteiger partial charge in [-0.1, -0.05) is 45.7 Å². The number of Topliss-reactive ketones (excluding diaryl/α,β-unsaturated/α-hetero) is 4. The summed E-state index contributed by atoms with van der Waals surface area (Å²) in [7, 11) is 1.56. The number of nitrogens with one attached hydrogen (secondary N) is 1. The van der Waals surface area contributed by atoms with E-state index in [0.29, 0.717) is 66.0 Å². The molecule has 4 bridgehead atoms. The van der Waals surface area contributed by atoms with Crippen LogP contribution in [-0.2, 0) is 35.2 Å². The van der Waals surface area contributed by atoms with E-state index < -0.39 is 41.5 Å². The van der Waals surface area contributed by atoms with Crippen molar-refractivity contribution >= 4 is 34.9 Å². The van der Waals surface area contributed by atoms with Crippen LogP contribution >= 0.6 is 0 Å². The molecule has 0 spiro atoms. The van der Waals surface area contributed by atoms with Crippen molar-refractivity contribution in [2.75, 3.05) is 39.9 Å². The summed E-state index contributed by atoms with van der Waals surface area (Å²) in [5, 5.41) is 2.88. The van der Waals surface area contributed by atoms with Gasteiger partial charge in [-0.3, -0.25) is 28.8 Å². The van der Waals surface area contributed by atoms with E-state index in [4.69, 9.17) is 26.7 Å². The normalized spacial score (nSPS) is 18.2. The van der Waals surface area contributed by atoms with Gasteiger partial charge in [-0.2, -0.15) is 0 Å². The second-order valence-electron chi connectivity index (χ2n) is 15.1. The summed E-state index contributed by atoms with van der Waals surface area (Å²) in [6.45, 7) is 8.02. The molecule has 2 aromatic rings. The van der Waals surface area contributed by atoms with E-state index in [2.05, 4.69) is 5.32 Å². The number of carbonyl (C=O) groups is 6. The minimum Gasteiger partial charge on any atom is -0.492 e.